The molecular formula is C19H23FN2O4S. The first kappa shape index (κ1) is 20.9. The number of sulfonamides is 1. The Morgan fingerprint density at radius 3 is 2.48 bits per heavy atom. The summed E-state index contributed by atoms with van der Waals surface area (Å²) in [5, 5.41) is 2.60. The Hall–Kier alpha value is -2.45. The molecule has 6 nitrogen and oxygen atoms in total. The average Bonchev–Trinajstić information content (AvgIpc) is 2.67. The molecule has 0 saturated heterocycles. The molecule has 27 heavy (non-hydrogen) atoms. The van der Waals surface area contributed by atoms with E-state index in [2.05, 4.69) is 5.32 Å². The van der Waals surface area contributed by atoms with Gasteiger partial charge >= 0.3 is 0 Å². The number of carbonyl (C=O) groups excluding carboxylic acids is 1. The summed E-state index contributed by atoms with van der Waals surface area (Å²) in [6, 6.07) is 10.3. The summed E-state index contributed by atoms with van der Waals surface area (Å²) in [4.78, 5) is 12.3. The van der Waals surface area contributed by atoms with Gasteiger partial charge in [-0.05, 0) is 35.9 Å². The molecule has 146 valence electrons. The maximum Gasteiger partial charge on any atom is 0.254 e. The smallest absolute Gasteiger partial charge is 0.254 e. The van der Waals surface area contributed by atoms with E-state index in [1.54, 1.807) is 38.1 Å². The SMILES string of the molecule is CCN(CC)S(=O)(=O)c1ccc(F)c(C(=O)NCc2cccc(OC)c2)c1. The minimum atomic E-state index is -3.78. The molecule has 0 atom stereocenters. The number of rotatable bonds is 8. The predicted octanol–water partition coefficient (Wildman–Crippen LogP) is 2.79. The van der Waals surface area contributed by atoms with Crippen molar-refractivity contribution in [3.63, 3.8) is 0 Å². The Bertz CT molecular complexity index is 912. The molecule has 0 unspecified atom stereocenters. The van der Waals surface area contributed by atoms with Crippen LogP contribution in [0.4, 0.5) is 4.39 Å². The molecule has 0 saturated carbocycles. The fraction of sp³-hybridized carbons (Fsp3) is 0.316. The molecule has 1 N–H and O–H groups in total. The van der Waals surface area contributed by atoms with Crippen LogP contribution in [0.15, 0.2) is 47.4 Å². The molecular weight excluding hydrogens is 371 g/mol. The second-order valence-electron chi connectivity index (χ2n) is 5.77. The van der Waals surface area contributed by atoms with Crippen LogP contribution in [0.3, 0.4) is 0 Å². The summed E-state index contributed by atoms with van der Waals surface area (Å²) in [6.45, 7) is 4.16. The highest BCUT2D eigenvalue weighted by molar-refractivity contribution is 7.89. The van der Waals surface area contributed by atoms with Crippen molar-refractivity contribution in [2.75, 3.05) is 20.2 Å². The van der Waals surface area contributed by atoms with Gasteiger partial charge in [0.2, 0.25) is 10.0 Å². The van der Waals surface area contributed by atoms with Gasteiger partial charge in [-0.25, -0.2) is 12.8 Å². The summed E-state index contributed by atoms with van der Waals surface area (Å²) >= 11 is 0. The Kier molecular flexibility index (Phi) is 6.92. The number of amides is 1. The number of nitrogens with one attached hydrogen (secondary N) is 1. The lowest BCUT2D eigenvalue weighted by molar-refractivity contribution is 0.0946. The lowest BCUT2D eigenvalue weighted by Gasteiger charge is -2.19. The van der Waals surface area contributed by atoms with Crippen LogP contribution in [-0.2, 0) is 16.6 Å². The van der Waals surface area contributed by atoms with E-state index in [-0.39, 0.29) is 30.1 Å². The van der Waals surface area contributed by atoms with Crippen molar-refractivity contribution in [3.8, 4) is 5.75 Å². The third-order valence-corrected chi connectivity index (χ3v) is 6.16. The Morgan fingerprint density at radius 1 is 1.15 bits per heavy atom. The van der Waals surface area contributed by atoms with Crippen molar-refractivity contribution < 1.29 is 22.3 Å². The van der Waals surface area contributed by atoms with Crippen molar-refractivity contribution in [1.29, 1.82) is 0 Å². The van der Waals surface area contributed by atoms with E-state index in [1.165, 1.54) is 17.5 Å². The number of nitrogens with zero attached hydrogens (tertiary/aromatic N) is 1. The quantitative estimate of drug-likeness (QED) is 0.747. The second-order valence-corrected chi connectivity index (χ2v) is 7.70. The maximum atomic E-state index is 14.1. The lowest BCUT2D eigenvalue weighted by atomic mass is 10.1. The van der Waals surface area contributed by atoms with Crippen molar-refractivity contribution in [2.45, 2.75) is 25.3 Å². The number of methoxy groups -OCH3 is 1. The van der Waals surface area contributed by atoms with Crippen molar-refractivity contribution in [2.24, 2.45) is 0 Å². The van der Waals surface area contributed by atoms with E-state index < -0.39 is 21.7 Å². The molecule has 2 rings (SSSR count). The summed E-state index contributed by atoms with van der Waals surface area (Å²) in [5.41, 5.74) is 0.459. The molecule has 8 heteroatoms. The van der Waals surface area contributed by atoms with Gasteiger partial charge in [-0.1, -0.05) is 26.0 Å². The maximum absolute atomic E-state index is 14.1. The first-order valence-corrected chi connectivity index (χ1v) is 9.98. The van der Waals surface area contributed by atoms with Crippen LogP contribution < -0.4 is 10.1 Å². The first-order valence-electron chi connectivity index (χ1n) is 8.54. The topological polar surface area (TPSA) is 75.7 Å². The molecule has 0 bridgehead atoms. The van der Waals surface area contributed by atoms with E-state index in [0.29, 0.717) is 5.75 Å². The van der Waals surface area contributed by atoms with Gasteiger partial charge in [0.25, 0.3) is 5.91 Å². The molecule has 0 heterocycles. The standard InChI is InChI=1S/C19H23FN2O4S/c1-4-22(5-2)27(24,25)16-9-10-18(20)17(12-16)19(23)21-13-14-7-6-8-15(11-14)26-3/h6-12H,4-5,13H2,1-3H3,(H,21,23). The molecule has 0 aliphatic carbocycles. The van der Waals surface area contributed by atoms with Crippen LogP contribution in [0.25, 0.3) is 0 Å². The van der Waals surface area contributed by atoms with Crippen LogP contribution in [0.5, 0.6) is 5.75 Å². The average molecular weight is 394 g/mol. The zero-order chi connectivity index (χ0) is 20.0. The Morgan fingerprint density at radius 2 is 1.85 bits per heavy atom. The summed E-state index contributed by atoms with van der Waals surface area (Å²) < 4.78 is 45.7. The number of hydrogen-bond donors (Lipinski definition) is 1. The molecule has 0 fully saturated rings. The first-order chi connectivity index (χ1) is 12.8. The monoisotopic (exact) mass is 394 g/mol. The van der Waals surface area contributed by atoms with Crippen LogP contribution in [0, 0.1) is 5.82 Å². The summed E-state index contributed by atoms with van der Waals surface area (Å²) in [7, 11) is -2.24. The molecule has 0 radical (unpaired) electrons. The third kappa shape index (κ3) is 4.84. The molecule has 2 aromatic carbocycles. The van der Waals surface area contributed by atoms with Crippen LogP contribution >= 0.6 is 0 Å². The molecule has 0 aromatic heterocycles. The van der Waals surface area contributed by atoms with Crippen molar-refractivity contribution >= 4 is 15.9 Å². The fourth-order valence-electron chi connectivity index (χ4n) is 2.61. The molecule has 2 aromatic rings. The minimum absolute atomic E-state index is 0.112. The van der Waals surface area contributed by atoms with Crippen LogP contribution in [0.2, 0.25) is 0 Å². The van der Waals surface area contributed by atoms with E-state index in [4.69, 9.17) is 4.74 Å². The van der Waals surface area contributed by atoms with Gasteiger partial charge < -0.3 is 10.1 Å². The zero-order valence-electron chi connectivity index (χ0n) is 15.5. The molecule has 0 aliphatic rings. The Labute approximate surface area is 159 Å². The normalized spacial score (nSPS) is 11.4. The predicted molar refractivity (Wildman–Crippen MR) is 101 cm³/mol. The zero-order valence-corrected chi connectivity index (χ0v) is 16.3. The summed E-state index contributed by atoms with van der Waals surface area (Å²) in [5.74, 6) is -0.830. The van der Waals surface area contributed by atoms with Gasteiger partial charge in [-0.2, -0.15) is 4.31 Å². The van der Waals surface area contributed by atoms with Gasteiger partial charge in [-0.3, -0.25) is 4.79 Å². The number of carbonyl (C=O) groups is 1. The van der Waals surface area contributed by atoms with Gasteiger partial charge in [0, 0.05) is 19.6 Å². The summed E-state index contributed by atoms with van der Waals surface area (Å²) in [6.07, 6.45) is 0. The van der Waals surface area contributed by atoms with Gasteiger partial charge in [0.1, 0.15) is 11.6 Å². The third-order valence-electron chi connectivity index (χ3n) is 4.11. The number of halogens is 1. The largest absolute Gasteiger partial charge is 0.497 e. The van der Waals surface area contributed by atoms with Crippen molar-refractivity contribution in [3.05, 3.63) is 59.4 Å². The Balaban J connectivity index is 2.23. The lowest BCUT2D eigenvalue weighted by Crippen LogP contribution is -2.31. The number of hydrogen-bond acceptors (Lipinski definition) is 4. The fourth-order valence-corrected chi connectivity index (χ4v) is 4.10. The van der Waals surface area contributed by atoms with E-state index in [9.17, 15) is 17.6 Å². The molecule has 0 aliphatic heterocycles. The van der Waals surface area contributed by atoms with E-state index in [1.807, 2.05) is 0 Å². The van der Waals surface area contributed by atoms with E-state index >= 15 is 0 Å². The second kappa shape index (κ2) is 8.96. The highest BCUT2D eigenvalue weighted by Gasteiger charge is 2.24. The van der Waals surface area contributed by atoms with Gasteiger partial charge in [0.05, 0.1) is 17.6 Å². The van der Waals surface area contributed by atoms with E-state index in [0.717, 1.165) is 17.7 Å². The minimum Gasteiger partial charge on any atom is -0.497 e. The highest BCUT2D eigenvalue weighted by atomic mass is 32.2. The molecule has 0 spiro atoms. The van der Waals surface area contributed by atoms with Crippen LogP contribution in [0.1, 0.15) is 29.8 Å². The molecule has 1 amide bonds. The van der Waals surface area contributed by atoms with Crippen LogP contribution in [-0.4, -0.2) is 38.8 Å². The number of ether oxygens (including phenoxy) is 1. The van der Waals surface area contributed by atoms with Crippen molar-refractivity contribution in [1.82, 2.24) is 9.62 Å². The number of benzene rings is 2. The van der Waals surface area contributed by atoms with Gasteiger partial charge in [-0.15, -0.1) is 0 Å². The highest BCUT2D eigenvalue weighted by Crippen LogP contribution is 2.19. The van der Waals surface area contributed by atoms with Gasteiger partial charge in [0.15, 0.2) is 0 Å².